The molecular formula is C14H21N3O3. The summed E-state index contributed by atoms with van der Waals surface area (Å²) in [6.07, 6.45) is 2.08. The largest absolute Gasteiger partial charge is 0.481 e. The zero-order valence-corrected chi connectivity index (χ0v) is 12.0. The van der Waals surface area contributed by atoms with Crippen molar-refractivity contribution in [3.05, 3.63) is 24.0 Å². The number of nitrogens with zero attached hydrogens (tertiary/aromatic N) is 1. The van der Waals surface area contributed by atoms with Gasteiger partial charge in [-0.1, -0.05) is 13.8 Å². The van der Waals surface area contributed by atoms with Gasteiger partial charge >= 0.3 is 12.0 Å². The fourth-order valence-corrected chi connectivity index (χ4v) is 1.77. The van der Waals surface area contributed by atoms with Crippen molar-refractivity contribution >= 4 is 17.7 Å². The number of carboxylic acid groups (broad SMARTS) is 1. The Morgan fingerprint density at radius 3 is 2.55 bits per heavy atom. The average Bonchev–Trinajstić information content (AvgIpc) is 2.36. The molecule has 0 radical (unpaired) electrons. The standard InChI is InChI=1S/C14H21N3O3/c1-9(2)6-11(13(18)19)7-16-14(20)17-12-5-4-10(3)15-8-12/h4-5,8-9,11H,6-7H2,1-3H3,(H,18,19)(H2,16,17,20). The van der Waals surface area contributed by atoms with Crippen molar-refractivity contribution in [2.75, 3.05) is 11.9 Å². The van der Waals surface area contributed by atoms with E-state index in [2.05, 4.69) is 15.6 Å². The number of pyridine rings is 1. The monoisotopic (exact) mass is 279 g/mol. The minimum absolute atomic E-state index is 0.110. The van der Waals surface area contributed by atoms with Crippen molar-refractivity contribution in [2.45, 2.75) is 27.2 Å². The van der Waals surface area contributed by atoms with Crippen LogP contribution in [-0.2, 0) is 4.79 Å². The second-order valence-electron chi connectivity index (χ2n) is 5.19. The second-order valence-corrected chi connectivity index (χ2v) is 5.19. The van der Waals surface area contributed by atoms with E-state index >= 15 is 0 Å². The van der Waals surface area contributed by atoms with E-state index in [0.717, 1.165) is 5.69 Å². The first-order chi connectivity index (χ1) is 9.38. The van der Waals surface area contributed by atoms with Crippen molar-refractivity contribution in [1.82, 2.24) is 10.3 Å². The van der Waals surface area contributed by atoms with Gasteiger partial charge in [-0.15, -0.1) is 0 Å². The van der Waals surface area contributed by atoms with Crippen molar-refractivity contribution in [1.29, 1.82) is 0 Å². The van der Waals surface area contributed by atoms with E-state index in [1.165, 1.54) is 0 Å². The van der Waals surface area contributed by atoms with Crippen LogP contribution in [0.5, 0.6) is 0 Å². The maximum atomic E-state index is 11.7. The van der Waals surface area contributed by atoms with Crippen LogP contribution in [0.25, 0.3) is 0 Å². The van der Waals surface area contributed by atoms with Crippen molar-refractivity contribution in [3.63, 3.8) is 0 Å². The van der Waals surface area contributed by atoms with Gasteiger partial charge in [-0.2, -0.15) is 0 Å². The maximum absolute atomic E-state index is 11.7. The average molecular weight is 279 g/mol. The third-order valence-corrected chi connectivity index (χ3v) is 2.78. The third kappa shape index (κ3) is 5.69. The van der Waals surface area contributed by atoms with Gasteiger partial charge in [0.2, 0.25) is 0 Å². The predicted molar refractivity (Wildman–Crippen MR) is 76.6 cm³/mol. The predicted octanol–water partition coefficient (Wildman–Crippen LogP) is 2.26. The van der Waals surface area contributed by atoms with E-state index in [9.17, 15) is 9.59 Å². The van der Waals surface area contributed by atoms with Crippen molar-refractivity contribution in [2.24, 2.45) is 11.8 Å². The van der Waals surface area contributed by atoms with Gasteiger partial charge in [0, 0.05) is 12.2 Å². The highest BCUT2D eigenvalue weighted by atomic mass is 16.4. The summed E-state index contributed by atoms with van der Waals surface area (Å²) in [5.41, 5.74) is 1.43. The molecule has 0 aliphatic rings. The Bertz CT molecular complexity index is 457. The summed E-state index contributed by atoms with van der Waals surface area (Å²) in [6.45, 7) is 5.87. The number of carboxylic acids is 1. The molecule has 1 atom stereocenters. The summed E-state index contributed by atoms with van der Waals surface area (Å²) in [5, 5.41) is 14.3. The molecule has 0 saturated carbocycles. The summed E-state index contributed by atoms with van der Waals surface area (Å²) in [6, 6.07) is 3.10. The molecule has 0 spiro atoms. The Labute approximate surface area is 118 Å². The quantitative estimate of drug-likeness (QED) is 0.745. The van der Waals surface area contributed by atoms with Crippen LogP contribution in [0.1, 0.15) is 26.0 Å². The summed E-state index contributed by atoms with van der Waals surface area (Å²) in [5.74, 6) is -1.20. The molecule has 1 unspecified atom stereocenters. The summed E-state index contributed by atoms with van der Waals surface area (Å²) in [4.78, 5) is 26.8. The van der Waals surface area contributed by atoms with Crippen molar-refractivity contribution < 1.29 is 14.7 Å². The molecule has 0 aliphatic heterocycles. The zero-order valence-electron chi connectivity index (χ0n) is 12.0. The lowest BCUT2D eigenvalue weighted by Gasteiger charge is -2.15. The molecule has 6 nitrogen and oxygen atoms in total. The van der Waals surface area contributed by atoms with Gasteiger partial charge in [-0.25, -0.2) is 4.79 Å². The first-order valence-corrected chi connectivity index (χ1v) is 6.58. The van der Waals surface area contributed by atoms with Gasteiger partial charge in [0.1, 0.15) is 0 Å². The number of aryl methyl sites for hydroxylation is 1. The second kappa shape index (κ2) is 7.47. The normalized spacial score (nSPS) is 12.0. The Morgan fingerprint density at radius 2 is 2.05 bits per heavy atom. The van der Waals surface area contributed by atoms with Gasteiger partial charge in [0.25, 0.3) is 0 Å². The van der Waals surface area contributed by atoms with Crippen LogP contribution in [0.4, 0.5) is 10.5 Å². The van der Waals surface area contributed by atoms with Crippen LogP contribution >= 0.6 is 0 Å². The molecule has 0 aromatic carbocycles. The van der Waals surface area contributed by atoms with Crippen LogP contribution in [0, 0.1) is 18.8 Å². The van der Waals surface area contributed by atoms with E-state index < -0.39 is 17.9 Å². The summed E-state index contributed by atoms with van der Waals surface area (Å²) >= 11 is 0. The van der Waals surface area contributed by atoms with Crippen LogP contribution in [0.15, 0.2) is 18.3 Å². The molecule has 110 valence electrons. The highest BCUT2D eigenvalue weighted by Gasteiger charge is 2.19. The van der Waals surface area contributed by atoms with Crippen LogP contribution in [-0.4, -0.2) is 28.6 Å². The number of rotatable bonds is 6. The highest BCUT2D eigenvalue weighted by molar-refractivity contribution is 5.89. The molecular weight excluding hydrogens is 258 g/mol. The number of anilines is 1. The Balaban J connectivity index is 2.45. The fourth-order valence-electron chi connectivity index (χ4n) is 1.77. The van der Waals surface area contributed by atoms with Crippen LogP contribution in [0.3, 0.4) is 0 Å². The topological polar surface area (TPSA) is 91.3 Å². The Kier molecular flexibility index (Phi) is 5.96. The SMILES string of the molecule is Cc1ccc(NC(=O)NCC(CC(C)C)C(=O)O)cn1. The molecule has 1 aromatic heterocycles. The lowest BCUT2D eigenvalue weighted by molar-refractivity contribution is -0.142. The number of carbonyl (C=O) groups excluding carboxylic acids is 1. The lowest BCUT2D eigenvalue weighted by atomic mass is 9.97. The molecule has 6 heteroatoms. The number of nitrogens with one attached hydrogen (secondary N) is 2. The Hall–Kier alpha value is -2.11. The molecule has 3 N–H and O–H groups in total. The Morgan fingerprint density at radius 1 is 1.35 bits per heavy atom. The third-order valence-electron chi connectivity index (χ3n) is 2.78. The molecule has 0 saturated heterocycles. The van der Waals surface area contributed by atoms with Gasteiger partial charge in [0.05, 0.1) is 17.8 Å². The van der Waals surface area contributed by atoms with Crippen LogP contribution in [0.2, 0.25) is 0 Å². The number of hydrogen-bond acceptors (Lipinski definition) is 3. The molecule has 0 fully saturated rings. The smallest absolute Gasteiger partial charge is 0.319 e. The summed E-state index contributed by atoms with van der Waals surface area (Å²) < 4.78 is 0. The maximum Gasteiger partial charge on any atom is 0.319 e. The first-order valence-electron chi connectivity index (χ1n) is 6.58. The van der Waals surface area contributed by atoms with E-state index in [4.69, 9.17) is 5.11 Å². The zero-order chi connectivity index (χ0) is 15.1. The van der Waals surface area contributed by atoms with Gasteiger partial charge < -0.3 is 15.7 Å². The van der Waals surface area contributed by atoms with Gasteiger partial charge in [-0.05, 0) is 31.4 Å². The molecule has 2 amide bonds. The fraction of sp³-hybridized carbons (Fsp3) is 0.500. The minimum atomic E-state index is -0.893. The number of aromatic nitrogens is 1. The first kappa shape index (κ1) is 15.9. The number of carbonyl (C=O) groups is 2. The molecule has 20 heavy (non-hydrogen) atoms. The van der Waals surface area contributed by atoms with Gasteiger partial charge in [0.15, 0.2) is 0 Å². The number of hydrogen-bond donors (Lipinski definition) is 3. The minimum Gasteiger partial charge on any atom is -0.481 e. The molecule has 1 rings (SSSR count). The number of amides is 2. The van der Waals surface area contributed by atoms with E-state index in [-0.39, 0.29) is 12.5 Å². The summed E-state index contributed by atoms with van der Waals surface area (Å²) in [7, 11) is 0. The molecule has 1 aromatic rings. The number of urea groups is 1. The molecule has 0 aliphatic carbocycles. The van der Waals surface area contributed by atoms with Crippen molar-refractivity contribution in [3.8, 4) is 0 Å². The molecule has 0 bridgehead atoms. The number of aliphatic carboxylic acids is 1. The lowest BCUT2D eigenvalue weighted by Crippen LogP contribution is -2.36. The van der Waals surface area contributed by atoms with E-state index in [1.807, 2.05) is 20.8 Å². The van der Waals surface area contributed by atoms with Gasteiger partial charge in [-0.3, -0.25) is 9.78 Å². The highest BCUT2D eigenvalue weighted by Crippen LogP contribution is 2.11. The molecule has 1 heterocycles. The van der Waals surface area contributed by atoms with E-state index in [1.54, 1.807) is 18.3 Å². The van der Waals surface area contributed by atoms with Crippen LogP contribution < -0.4 is 10.6 Å². The van der Waals surface area contributed by atoms with E-state index in [0.29, 0.717) is 12.1 Å².